The fourth-order valence-corrected chi connectivity index (χ4v) is 3.43. The van der Waals surface area contributed by atoms with Gasteiger partial charge in [0.25, 0.3) is 11.5 Å². The minimum atomic E-state index is -0.331. The molecule has 1 aromatic heterocycles. The number of amides is 1. The first kappa shape index (κ1) is 18.6. The van der Waals surface area contributed by atoms with Crippen LogP contribution in [-0.4, -0.2) is 15.7 Å². The number of carbonyl (C=O) groups is 1. The van der Waals surface area contributed by atoms with Gasteiger partial charge in [-0.3, -0.25) is 9.59 Å². The summed E-state index contributed by atoms with van der Waals surface area (Å²) in [4.78, 5) is 25.6. The van der Waals surface area contributed by atoms with Crippen molar-refractivity contribution in [3.8, 4) is 0 Å². The largest absolute Gasteiger partial charge is 0.340 e. The highest BCUT2D eigenvalue weighted by Gasteiger charge is 2.21. The Morgan fingerprint density at radius 3 is 2.14 bits per heavy atom. The van der Waals surface area contributed by atoms with Gasteiger partial charge in [-0.2, -0.15) is 5.10 Å². The molecule has 1 heterocycles. The van der Waals surface area contributed by atoms with E-state index in [-0.39, 0.29) is 23.2 Å². The van der Waals surface area contributed by atoms with E-state index in [0.29, 0.717) is 10.8 Å². The summed E-state index contributed by atoms with van der Waals surface area (Å²) in [5, 5.41) is 8.37. The van der Waals surface area contributed by atoms with Gasteiger partial charge in [-0.15, -0.1) is 0 Å². The second kappa shape index (κ2) is 7.72. The summed E-state index contributed by atoms with van der Waals surface area (Å²) in [6.07, 6.45) is 0. The number of benzene rings is 3. The number of hydrogen-bond acceptors (Lipinski definition) is 3. The Morgan fingerprint density at radius 2 is 1.45 bits per heavy atom. The summed E-state index contributed by atoms with van der Waals surface area (Å²) < 4.78 is 1.21. The molecular formula is C24H21N3O2. The number of nitrogens with one attached hydrogen (secondary N) is 1. The van der Waals surface area contributed by atoms with Crippen LogP contribution in [0.4, 0.5) is 0 Å². The van der Waals surface area contributed by atoms with Crippen molar-refractivity contribution in [2.24, 2.45) is 7.05 Å². The van der Waals surface area contributed by atoms with Gasteiger partial charge in [0, 0.05) is 12.4 Å². The lowest BCUT2D eigenvalue weighted by molar-refractivity contribution is 0.0937. The highest BCUT2D eigenvalue weighted by atomic mass is 16.2. The van der Waals surface area contributed by atoms with E-state index < -0.39 is 0 Å². The monoisotopic (exact) mass is 383 g/mol. The zero-order valence-corrected chi connectivity index (χ0v) is 16.3. The maximum absolute atomic E-state index is 13.3. The molecule has 29 heavy (non-hydrogen) atoms. The molecule has 1 N–H and O–H groups in total. The molecule has 1 atom stereocenters. The van der Waals surface area contributed by atoms with Gasteiger partial charge in [-0.05, 0) is 24.1 Å². The van der Waals surface area contributed by atoms with Crippen LogP contribution in [0.3, 0.4) is 0 Å². The second-order valence-electron chi connectivity index (χ2n) is 7.05. The van der Waals surface area contributed by atoms with Crippen molar-refractivity contribution in [2.75, 3.05) is 0 Å². The van der Waals surface area contributed by atoms with E-state index in [2.05, 4.69) is 10.4 Å². The number of carbonyl (C=O) groups excluding carboxylic acids is 1. The molecule has 1 amide bonds. The third-order valence-electron chi connectivity index (χ3n) is 4.99. The first-order chi connectivity index (χ1) is 14.0. The fraction of sp³-hybridized carbons (Fsp3) is 0.125. The van der Waals surface area contributed by atoms with E-state index in [4.69, 9.17) is 0 Å². The molecule has 0 bridgehead atoms. The molecule has 5 heteroatoms. The van der Waals surface area contributed by atoms with E-state index >= 15 is 0 Å². The molecule has 4 aromatic rings. The van der Waals surface area contributed by atoms with Crippen LogP contribution in [0.15, 0.2) is 83.7 Å². The lowest BCUT2D eigenvalue weighted by atomic mass is 9.97. The predicted octanol–water partition coefficient (Wildman–Crippen LogP) is 3.76. The Balaban J connectivity index is 1.78. The Labute approximate surface area is 168 Å². The molecule has 0 aliphatic carbocycles. The zero-order chi connectivity index (χ0) is 20.4. The summed E-state index contributed by atoms with van der Waals surface area (Å²) in [6.45, 7) is 2.03. The van der Waals surface area contributed by atoms with Gasteiger partial charge in [0.15, 0.2) is 5.69 Å². The lowest BCUT2D eigenvalue weighted by Gasteiger charge is -2.20. The summed E-state index contributed by atoms with van der Waals surface area (Å²) in [7, 11) is 1.56. The molecule has 0 fully saturated rings. The molecular weight excluding hydrogens is 362 g/mol. The van der Waals surface area contributed by atoms with Crippen molar-refractivity contribution in [3.63, 3.8) is 0 Å². The quantitative estimate of drug-likeness (QED) is 0.584. The second-order valence-corrected chi connectivity index (χ2v) is 7.05. The van der Waals surface area contributed by atoms with Gasteiger partial charge in [0.05, 0.1) is 11.4 Å². The highest BCUT2D eigenvalue weighted by Crippen LogP contribution is 2.23. The van der Waals surface area contributed by atoms with Crippen molar-refractivity contribution in [1.29, 1.82) is 0 Å². The van der Waals surface area contributed by atoms with Crippen LogP contribution in [0.25, 0.3) is 10.8 Å². The normalized spacial score (nSPS) is 11.9. The molecule has 0 saturated heterocycles. The summed E-state index contributed by atoms with van der Waals surface area (Å²) in [6, 6.07) is 24.6. The van der Waals surface area contributed by atoms with Crippen LogP contribution in [0.2, 0.25) is 0 Å². The molecule has 5 nitrogen and oxygen atoms in total. The number of fused-ring (bicyclic) bond motifs is 1. The predicted molar refractivity (Wildman–Crippen MR) is 114 cm³/mol. The van der Waals surface area contributed by atoms with Crippen molar-refractivity contribution < 1.29 is 4.79 Å². The minimum absolute atomic E-state index is 0.227. The Bertz CT molecular complexity index is 1230. The first-order valence-corrected chi connectivity index (χ1v) is 9.43. The maximum atomic E-state index is 13.3. The average Bonchev–Trinajstić information content (AvgIpc) is 2.76. The van der Waals surface area contributed by atoms with Gasteiger partial charge in [-0.1, -0.05) is 78.4 Å². The molecule has 0 spiro atoms. The van der Waals surface area contributed by atoms with Crippen LogP contribution in [-0.2, 0) is 7.05 Å². The molecule has 4 rings (SSSR count). The number of aromatic nitrogens is 2. The molecule has 0 saturated carbocycles. The maximum Gasteiger partial charge on any atom is 0.274 e. The van der Waals surface area contributed by atoms with E-state index in [1.165, 1.54) is 4.68 Å². The molecule has 144 valence electrons. The Kier molecular flexibility index (Phi) is 4.96. The smallest absolute Gasteiger partial charge is 0.274 e. The zero-order valence-electron chi connectivity index (χ0n) is 16.3. The van der Waals surface area contributed by atoms with Crippen molar-refractivity contribution in [3.05, 3.63) is 112 Å². The van der Waals surface area contributed by atoms with E-state index in [1.807, 2.05) is 61.5 Å². The lowest BCUT2D eigenvalue weighted by Crippen LogP contribution is -2.32. The Morgan fingerprint density at radius 1 is 0.862 bits per heavy atom. The number of aryl methyl sites for hydroxylation is 2. The van der Waals surface area contributed by atoms with Crippen molar-refractivity contribution in [2.45, 2.75) is 13.0 Å². The number of rotatable bonds is 4. The topological polar surface area (TPSA) is 64.0 Å². The molecule has 0 aliphatic heterocycles. The van der Waals surface area contributed by atoms with E-state index in [9.17, 15) is 9.59 Å². The van der Waals surface area contributed by atoms with Gasteiger partial charge in [-0.25, -0.2) is 4.68 Å². The first-order valence-electron chi connectivity index (χ1n) is 9.43. The van der Waals surface area contributed by atoms with Crippen LogP contribution < -0.4 is 10.9 Å². The molecule has 0 aliphatic rings. The van der Waals surface area contributed by atoms with Gasteiger partial charge in [0.2, 0.25) is 0 Å². The van der Waals surface area contributed by atoms with Gasteiger partial charge in [0.1, 0.15) is 0 Å². The Hall–Kier alpha value is -3.73. The van der Waals surface area contributed by atoms with Crippen LogP contribution in [0, 0.1) is 6.92 Å². The number of nitrogens with zero attached hydrogens (tertiary/aromatic N) is 2. The van der Waals surface area contributed by atoms with Crippen LogP contribution in [0.1, 0.15) is 33.2 Å². The number of hydrogen-bond donors (Lipinski definition) is 1. The fourth-order valence-electron chi connectivity index (χ4n) is 3.43. The summed E-state index contributed by atoms with van der Waals surface area (Å²) in [5.41, 5.74) is 3.10. The van der Waals surface area contributed by atoms with Gasteiger partial charge < -0.3 is 5.32 Å². The van der Waals surface area contributed by atoms with E-state index in [0.717, 1.165) is 16.7 Å². The standard InChI is InChI=1S/C24H21N3O2/c1-16-12-14-18(15-13-16)21(17-8-4-3-5-9-17)25-23(28)22-19-10-6-7-11-20(19)24(29)27(2)26-22/h3-15,21H,1-2H3,(H,25,28)/t21-/m1/s1. The minimum Gasteiger partial charge on any atom is -0.340 e. The third-order valence-corrected chi connectivity index (χ3v) is 4.99. The molecule has 0 unspecified atom stereocenters. The summed E-state index contributed by atoms with van der Waals surface area (Å²) >= 11 is 0. The van der Waals surface area contributed by atoms with Crippen LogP contribution in [0.5, 0.6) is 0 Å². The van der Waals surface area contributed by atoms with Gasteiger partial charge >= 0.3 is 0 Å². The van der Waals surface area contributed by atoms with Crippen LogP contribution >= 0.6 is 0 Å². The third kappa shape index (κ3) is 3.67. The molecule has 3 aromatic carbocycles. The van der Waals surface area contributed by atoms with E-state index in [1.54, 1.807) is 31.3 Å². The molecule has 0 radical (unpaired) electrons. The van der Waals surface area contributed by atoms with Crippen molar-refractivity contribution >= 4 is 16.7 Å². The highest BCUT2D eigenvalue weighted by molar-refractivity contribution is 6.05. The SMILES string of the molecule is Cc1ccc([C@H](NC(=O)c2nn(C)c(=O)c3ccccc23)c2ccccc2)cc1. The van der Waals surface area contributed by atoms with Crippen molar-refractivity contribution in [1.82, 2.24) is 15.1 Å². The average molecular weight is 383 g/mol. The summed E-state index contributed by atoms with van der Waals surface area (Å²) in [5.74, 6) is -0.328.